The molecular weight excluding hydrogens is 338 g/mol. The van der Waals surface area contributed by atoms with Crippen molar-refractivity contribution >= 4 is 5.97 Å². The van der Waals surface area contributed by atoms with Crippen molar-refractivity contribution in [2.24, 2.45) is 0 Å². The molecule has 3 atom stereocenters. The molecule has 23 heavy (non-hydrogen) atoms. The Morgan fingerprint density at radius 3 is 1.91 bits per heavy atom. The van der Waals surface area contributed by atoms with E-state index in [0.29, 0.717) is 12.1 Å². The van der Waals surface area contributed by atoms with Crippen molar-refractivity contribution in [3.05, 3.63) is 29.8 Å². The Bertz CT molecular complexity index is 544. The van der Waals surface area contributed by atoms with Gasteiger partial charge in [-0.15, -0.1) is 0 Å². The van der Waals surface area contributed by atoms with Crippen LogP contribution in [0.3, 0.4) is 0 Å². The summed E-state index contributed by atoms with van der Waals surface area (Å²) in [6.45, 7) is 0. The summed E-state index contributed by atoms with van der Waals surface area (Å²) in [4.78, 5) is 10.5. The zero-order valence-electron chi connectivity index (χ0n) is 11.0. The number of carboxylic acids is 1. The van der Waals surface area contributed by atoms with Crippen LogP contribution in [0.5, 0.6) is 5.75 Å². The molecule has 0 spiro atoms. The topological polar surface area (TPSA) is 87.0 Å². The smallest absolute Gasteiger partial charge is 0.439 e. The van der Waals surface area contributed by atoms with Crippen molar-refractivity contribution in [2.45, 2.75) is 30.7 Å². The number of carboxylic acid groups (broad SMARTS) is 1. The second-order valence-electron chi connectivity index (χ2n) is 4.36. The second-order valence-corrected chi connectivity index (χ2v) is 4.36. The average Bonchev–Trinajstić information content (AvgIpc) is 2.44. The molecular formula is C12H10F6O5. The van der Waals surface area contributed by atoms with Crippen molar-refractivity contribution in [3.8, 4) is 5.75 Å². The molecule has 0 fully saturated rings. The number of aliphatic hydroxyl groups excluding tert-OH is 2. The highest BCUT2D eigenvalue weighted by Crippen LogP contribution is 2.36. The van der Waals surface area contributed by atoms with Crippen molar-refractivity contribution in [3.63, 3.8) is 0 Å². The zero-order chi connectivity index (χ0) is 18.0. The van der Waals surface area contributed by atoms with Gasteiger partial charge in [-0.25, -0.2) is 9.18 Å². The molecule has 0 saturated carbocycles. The minimum atomic E-state index is -5.83. The maximum atomic E-state index is 13.0. The van der Waals surface area contributed by atoms with Gasteiger partial charge in [-0.05, 0) is 17.7 Å². The van der Waals surface area contributed by atoms with E-state index in [0.717, 1.165) is 12.1 Å². The van der Waals surface area contributed by atoms with Gasteiger partial charge in [-0.1, -0.05) is 12.1 Å². The van der Waals surface area contributed by atoms with Gasteiger partial charge in [0.15, 0.2) is 6.10 Å². The number of halogens is 6. The molecule has 130 valence electrons. The van der Waals surface area contributed by atoms with Gasteiger partial charge in [0.05, 0.1) is 0 Å². The molecule has 0 aromatic heterocycles. The third-order valence-corrected chi connectivity index (χ3v) is 2.61. The number of hydrogen-bond acceptors (Lipinski definition) is 4. The molecule has 11 heteroatoms. The second kappa shape index (κ2) is 6.62. The third-order valence-electron chi connectivity index (χ3n) is 2.61. The fraction of sp³-hybridized carbons (Fsp3) is 0.417. The molecule has 0 radical (unpaired) electrons. The standard InChI is InChI=1S/C12H10F6O5/c13-10(11(14,15)16)12(17,18)23-6-3-1-5(2-4-6)7(19)8(20)9(21)22/h1-4,7-8,10,19-20H,(H,21,22)/t7?,8?,10-/m1/s1. The van der Waals surface area contributed by atoms with Crippen molar-refractivity contribution < 1.29 is 51.2 Å². The lowest BCUT2D eigenvalue weighted by atomic mass is 10.0. The van der Waals surface area contributed by atoms with E-state index in [1.54, 1.807) is 0 Å². The first-order valence-corrected chi connectivity index (χ1v) is 5.82. The van der Waals surface area contributed by atoms with Crippen LogP contribution >= 0.6 is 0 Å². The molecule has 0 bridgehead atoms. The van der Waals surface area contributed by atoms with Crippen LogP contribution in [-0.2, 0) is 4.79 Å². The molecule has 2 unspecified atom stereocenters. The summed E-state index contributed by atoms with van der Waals surface area (Å²) >= 11 is 0. The van der Waals surface area contributed by atoms with Gasteiger partial charge >= 0.3 is 18.3 Å². The molecule has 3 N–H and O–H groups in total. The van der Waals surface area contributed by atoms with Gasteiger partial charge in [0.2, 0.25) is 0 Å². The summed E-state index contributed by atoms with van der Waals surface area (Å²) in [6, 6.07) is 2.96. The van der Waals surface area contributed by atoms with E-state index in [1.165, 1.54) is 0 Å². The number of carbonyl (C=O) groups is 1. The Balaban J connectivity index is 2.87. The van der Waals surface area contributed by atoms with Crippen LogP contribution in [0.25, 0.3) is 0 Å². The minimum absolute atomic E-state index is 0.233. The first-order valence-electron chi connectivity index (χ1n) is 5.82. The Morgan fingerprint density at radius 1 is 1.04 bits per heavy atom. The SMILES string of the molecule is O=C(O)C(O)C(O)c1ccc(OC(F)(F)[C@H](F)C(F)(F)F)cc1. The first-order chi connectivity index (χ1) is 10.4. The summed E-state index contributed by atoms with van der Waals surface area (Å²) in [5, 5.41) is 27.0. The third kappa shape index (κ3) is 4.73. The van der Waals surface area contributed by atoms with E-state index in [4.69, 9.17) is 10.2 Å². The van der Waals surface area contributed by atoms with Gasteiger partial charge < -0.3 is 20.1 Å². The van der Waals surface area contributed by atoms with Crippen molar-refractivity contribution in [2.75, 3.05) is 0 Å². The Morgan fingerprint density at radius 2 is 1.52 bits per heavy atom. The van der Waals surface area contributed by atoms with Crippen LogP contribution in [0.1, 0.15) is 11.7 Å². The quantitative estimate of drug-likeness (QED) is 0.685. The predicted molar refractivity (Wildman–Crippen MR) is 61.6 cm³/mol. The van der Waals surface area contributed by atoms with Gasteiger partial charge in [-0.2, -0.15) is 22.0 Å². The summed E-state index contributed by atoms with van der Waals surface area (Å²) < 4.78 is 78.1. The number of benzene rings is 1. The first kappa shape index (κ1) is 19.0. The van der Waals surface area contributed by atoms with Crippen LogP contribution in [0.2, 0.25) is 0 Å². The Hall–Kier alpha value is -2.01. The molecule has 0 amide bonds. The lowest BCUT2D eigenvalue weighted by Gasteiger charge is -2.23. The molecule has 1 aromatic rings. The van der Waals surface area contributed by atoms with E-state index in [1.807, 2.05) is 0 Å². The van der Waals surface area contributed by atoms with Crippen molar-refractivity contribution in [1.29, 1.82) is 0 Å². The Kier molecular flexibility index (Phi) is 5.48. The highest BCUT2D eigenvalue weighted by molar-refractivity contribution is 5.73. The lowest BCUT2D eigenvalue weighted by Crippen LogP contribution is -2.45. The van der Waals surface area contributed by atoms with Crippen LogP contribution < -0.4 is 4.74 Å². The number of hydrogen-bond donors (Lipinski definition) is 3. The van der Waals surface area contributed by atoms with Crippen LogP contribution in [0, 0.1) is 0 Å². The predicted octanol–water partition coefficient (Wildman–Crippen LogP) is 2.04. The summed E-state index contributed by atoms with van der Waals surface area (Å²) in [7, 11) is 0. The maximum absolute atomic E-state index is 13.0. The summed E-state index contributed by atoms with van der Waals surface area (Å²) in [6.07, 6.45) is -19.7. The van der Waals surface area contributed by atoms with Gasteiger partial charge in [0.25, 0.3) is 6.17 Å². The van der Waals surface area contributed by atoms with E-state index in [9.17, 15) is 36.2 Å². The van der Waals surface area contributed by atoms with Gasteiger partial charge in [0, 0.05) is 0 Å². The number of rotatable bonds is 6. The molecule has 0 aliphatic heterocycles. The molecule has 0 heterocycles. The average molecular weight is 348 g/mol. The zero-order valence-corrected chi connectivity index (χ0v) is 11.0. The molecule has 1 rings (SSSR count). The van der Waals surface area contributed by atoms with E-state index < -0.39 is 42.4 Å². The lowest BCUT2D eigenvalue weighted by molar-refractivity contribution is -0.304. The van der Waals surface area contributed by atoms with Crippen LogP contribution in [-0.4, -0.2) is 45.8 Å². The summed E-state index contributed by atoms with van der Waals surface area (Å²) in [5.74, 6) is -2.61. The highest BCUT2D eigenvalue weighted by atomic mass is 19.4. The molecule has 5 nitrogen and oxygen atoms in total. The number of aliphatic hydroxyl groups is 2. The van der Waals surface area contributed by atoms with E-state index in [-0.39, 0.29) is 5.56 Å². The largest absolute Gasteiger partial charge is 0.479 e. The normalized spacial score (nSPS) is 16.5. The van der Waals surface area contributed by atoms with E-state index >= 15 is 0 Å². The molecule has 0 aliphatic carbocycles. The Labute approximate surface area is 124 Å². The molecule has 1 aromatic carbocycles. The van der Waals surface area contributed by atoms with Crippen LogP contribution in [0.4, 0.5) is 26.3 Å². The monoisotopic (exact) mass is 348 g/mol. The maximum Gasteiger partial charge on any atom is 0.439 e. The molecule has 0 saturated heterocycles. The van der Waals surface area contributed by atoms with E-state index in [2.05, 4.69) is 4.74 Å². The summed E-state index contributed by atoms with van der Waals surface area (Å²) in [5.41, 5.74) is -0.233. The number of alkyl halides is 6. The highest BCUT2D eigenvalue weighted by Gasteiger charge is 2.59. The van der Waals surface area contributed by atoms with Gasteiger partial charge in [-0.3, -0.25) is 0 Å². The fourth-order valence-electron chi connectivity index (χ4n) is 1.45. The fourth-order valence-corrected chi connectivity index (χ4v) is 1.45. The van der Waals surface area contributed by atoms with Gasteiger partial charge in [0.1, 0.15) is 11.9 Å². The van der Waals surface area contributed by atoms with Crippen molar-refractivity contribution in [1.82, 2.24) is 0 Å². The minimum Gasteiger partial charge on any atom is -0.479 e. The molecule has 0 aliphatic rings. The number of aliphatic carboxylic acids is 1. The van der Waals surface area contributed by atoms with Crippen LogP contribution in [0.15, 0.2) is 24.3 Å². The number of ether oxygens (including phenoxy) is 1.